The van der Waals surface area contributed by atoms with Crippen molar-refractivity contribution in [2.75, 3.05) is 5.32 Å². The molecule has 92 valence electrons. The summed E-state index contributed by atoms with van der Waals surface area (Å²) in [6, 6.07) is 1.50. The molecule has 0 radical (unpaired) electrons. The Morgan fingerprint density at radius 2 is 2.06 bits per heavy atom. The molecule has 0 saturated heterocycles. The van der Waals surface area contributed by atoms with E-state index in [-0.39, 0.29) is 17.0 Å². The lowest BCUT2D eigenvalue weighted by atomic mass is 10.2. The summed E-state index contributed by atoms with van der Waals surface area (Å²) in [7, 11) is 0. The van der Waals surface area contributed by atoms with Crippen molar-refractivity contribution in [2.24, 2.45) is 0 Å². The molecular formula is C11H14N2O3S. The molecule has 0 unspecified atom stereocenters. The highest BCUT2D eigenvalue weighted by Gasteiger charge is 2.19. The Labute approximate surface area is 103 Å². The lowest BCUT2D eigenvalue weighted by molar-refractivity contribution is 0.0703. The van der Waals surface area contributed by atoms with Gasteiger partial charge in [-0.3, -0.25) is 0 Å². The third kappa shape index (κ3) is 2.97. The average Bonchev–Trinajstić information content (AvgIpc) is 2.88. The number of urea groups is 1. The molecule has 0 bridgehead atoms. The number of amides is 2. The van der Waals surface area contributed by atoms with Crippen molar-refractivity contribution in [3.05, 3.63) is 16.3 Å². The minimum Gasteiger partial charge on any atom is -0.477 e. The Morgan fingerprint density at radius 3 is 2.71 bits per heavy atom. The van der Waals surface area contributed by atoms with Crippen molar-refractivity contribution in [3.63, 3.8) is 0 Å². The van der Waals surface area contributed by atoms with Gasteiger partial charge in [-0.1, -0.05) is 12.8 Å². The third-order valence-electron chi connectivity index (χ3n) is 2.80. The van der Waals surface area contributed by atoms with Crippen LogP contribution in [0, 0.1) is 0 Å². The van der Waals surface area contributed by atoms with Crippen LogP contribution in [0.5, 0.6) is 0 Å². The fourth-order valence-electron chi connectivity index (χ4n) is 1.99. The van der Waals surface area contributed by atoms with Gasteiger partial charge in [-0.15, -0.1) is 11.3 Å². The molecule has 1 aromatic heterocycles. The summed E-state index contributed by atoms with van der Waals surface area (Å²) in [4.78, 5) is 22.6. The van der Waals surface area contributed by atoms with Crippen molar-refractivity contribution < 1.29 is 14.7 Å². The molecule has 2 rings (SSSR count). The van der Waals surface area contributed by atoms with E-state index in [9.17, 15) is 9.59 Å². The predicted molar refractivity (Wildman–Crippen MR) is 65.7 cm³/mol. The summed E-state index contributed by atoms with van der Waals surface area (Å²) in [5.74, 6) is -1.02. The Hall–Kier alpha value is -1.56. The van der Waals surface area contributed by atoms with E-state index in [4.69, 9.17) is 5.11 Å². The van der Waals surface area contributed by atoms with Crippen molar-refractivity contribution in [3.8, 4) is 0 Å². The molecule has 1 fully saturated rings. The van der Waals surface area contributed by atoms with Gasteiger partial charge in [0.15, 0.2) is 0 Å². The molecule has 1 aromatic rings. The van der Waals surface area contributed by atoms with Crippen LogP contribution in [0.2, 0.25) is 0 Å². The normalized spacial score (nSPS) is 15.8. The number of rotatable bonds is 3. The summed E-state index contributed by atoms with van der Waals surface area (Å²) >= 11 is 1.10. The summed E-state index contributed by atoms with van der Waals surface area (Å²) < 4.78 is 0. The van der Waals surface area contributed by atoms with Crippen LogP contribution in [-0.4, -0.2) is 23.1 Å². The Balaban J connectivity index is 1.93. The number of anilines is 1. The van der Waals surface area contributed by atoms with E-state index in [1.165, 1.54) is 0 Å². The molecule has 5 nitrogen and oxygen atoms in total. The maximum absolute atomic E-state index is 11.6. The topological polar surface area (TPSA) is 78.4 Å². The molecule has 1 aliphatic carbocycles. The second-order valence-corrected chi connectivity index (χ2v) is 4.96. The van der Waals surface area contributed by atoms with E-state index >= 15 is 0 Å². The van der Waals surface area contributed by atoms with E-state index < -0.39 is 5.97 Å². The van der Waals surface area contributed by atoms with E-state index in [1.807, 2.05) is 0 Å². The Morgan fingerprint density at radius 1 is 1.35 bits per heavy atom. The molecule has 6 heteroatoms. The molecule has 0 spiro atoms. The molecule has 1 aliphatic rings. The van der Waals surface area contributed by atoms with Crippen LogP contribution in [0.15, 0.2) is 11.4 Å². The zero-order chi connectivity index (χ0) is 12.3. The second kappa shape index (κ2) is 5.18. The van der Waals surface area contributed by atoms with Crippen molar-refractivity contribution >= 4 is 29.0 Å². The lowest BCUT2D eigenvalue weighted by Gasteiger charge is -2.12. The monoisotopic (exact) mass is 254 g/mol. The summed E-state index contributed by atoms with van der Waals surface area (Å²) in [6.07, 6.45) is 4.29. The van der Waals surface area contributed by atoms with Gasteiger partial charge in [-0.05, 0) is 24.3 Å². The number of thiophene rings is 1. The summed E-state index contributed by atoms with van der Waals surface area (Å²) in [6.45, 7) is 0. The van der Waals surface area contributed by atoms with Crippen LogP contribution in [0.1, 0.15) is 35.4 Å². The van der Waals surface area contributed by atoms with Crippen LogP contribution in [0.4, 0.5) is 10.5 Å². The van der Waals surface area contributed by atoms with Crippen molar-refractivity contribution in [1.29, 1.82) is 0 Å². The van der Waals surface area contributed by atoms with Crippen LogP contribution in [0.25, 0.3) is 0 Å². The molecule has 2 amide bonds. The van der Waals surface area contributed by atoms with Gasteiger partial charge in [-0.2, -0.15) is 0 Å². The number of carboxylic acids is 1. The maximum Gasteiger partial charge on any atom is 0.348 e. The van der Waals surface area contributed by atoms with E-state index in [0.717, 1.165) is 37.0 Å². The highest BCUT2D eigenvalue weighted by molar-refractivity contribution is 7.12. The molecule has 0 aromatic carbocycles. The number of nitrogens with one attached hydrogen (secondary N) is 2. The maximum atomic E-state index is 11.6. The molecule has 1 heterocycles. The molecule has 1 saturated carbocycles. The standard InChI is InChI=1S/C11H14N2O3S/c14-10(15)9-8(5-6-17-9)13-11(16)12-7-3-1-2-4-7/h5-7H,1-4H2,(H,14,15)(H2,12,13,16). The van der Waals surface area contributed by atoms with Gasteiger partial charge in [0.2, 0.25) is 0 Å². The van der Waals surface area contributed by atoms with Gasteiger partial charge in [0.25, 0.3) is 0 Å². The van der Waals surface area contributed by atoms with Gasteiger partial charge in [0, 0.05) is 6.04 Å². The number of hydrogen-bond donors (Lipinski definition) is 3. The first-order valence-corrected chi connectivity index (χ1v) is 6.43. The zero-order valence-electron chi connectivity index (χ0n) is 9.23. The van der Waals surface area contributed by atoms with Gasteiger partial charge in [0.1, 0.15) is 4.88 Å². The highest BCUT2D eigenvalue weighted by Crippen LogP contribution is 2.22. The Bertz CT molecular complexity index is 424. The van der Waals surface area contributed by atoms with Crippen LogP contribution in [-0.2, 0) is 0 Å². The van der Waals surface area contributed by atoms with Crippen LogP contribution >= 0.6 is 11.3 Å². The molecule has 3 N–H and O–H groups in total. The smallest absolute Gasteiger partial charge is 0.348 e. The average molecular weight is 254 g/mol. The number of carboxylic acid groups (broad SMARTS) is 1. The van der Waals surface area contributed by atoms with E-state index in [1.54, 1.807) is 11.4 Å². The SMILES string of the molecule is O=C(Nc1ccsc1C(=O)O)NC1CCCC1. The van der Waals surface area contributed by atoms with Crippen LogP contribution in [0.3, 0.4) is 0 Å². The first-order chi connectivity index (χ1) is 8.16. The van der Waals surface area contributed by atoms with Gasteiger partial charge in [0.05, 0.1) is 5.69 Å². The predicted octanol–water partition coefficient (Wildman–Crippen LogP) is 2.51. The molecule has 17 heavy (non-hydrogen) atoms. The van der Waals surface area contributed by atoms with Gasteiger partial charge in [-0.25, -0.2) is 9.59 Å². The van der Waals surface area contributed by atoms with Crippen molar-refractivity contribution in [1.82, 2.24) is 5.32 Å². The third-order valence-corrected chi connectivity index (χ3v) is 3.70. The largest absolute Gasteiger partial charge is 0.477 e. The van der Waals surface area contributed by atoms with E-state index in [0.29, 0.717) is 5.69 Å². The zero-order valence-corrected chi connectivity index (χ0v) is 10.0. The molecule has 0 aliphatic heterocycles. The van der Waals surface area contributed by atoms with Crippen molar-refractivity contribution in [2.45, 2.75) is 31.7 Å². The van der Waals surface area contributed by atoms with Gasteiger partial charge < -0.3 is 15.7 Å². The number of carbonyl (C=O) groups is 2. The fourth-order valence-corrected chi connectivity index (χ4v) is 2.67. The minimum atomic E-state index is -1.02. The summed E-state index contributed by atoms with van der Waals surface area (Å²) in [5.41, 5.74) is 0.359. The fraction of sp³-hybridized carbons (Fsp3) is 0.455. The van der Waals surface area contributed by atoms with Crippen LogP contribution < -0.4 is 10.6 Å². The second-order valence-electron chi connectivity index (χ2n) is 4.05. The van der Waals surface area contributed by atoms with Gasteiger partial charge >= 0.3 is 12.0 Å². The minimum absolute atomic E-state index is 0.159. The first kappa shape index (κ1) is 11.9. The van der Waals surface area contributed by atoms with E-state index in [2.05, 4.69) is 10.6 Å². The summed E-state index contributed by atoms with van der Waals surface area (Å²) in [5, 5.41) is 16.0. The highest BCUT2D eigenvalue weighted by atomic mass is 32.1. The molecular weight excluding hydrogens is 240 g/mol. The Kier molecular flexibility index (Phi) is 3.63. The molecule has 0 atom stereocenters. The number of carbonyl (C=O) groups excluding carboxylic acids is 1. The lowest BCUT2D eigenvalue weighted by Crippen LogP contribution is -2.36. The quantitative estimate of drug-likeness (QED) is 0.775. The number of hydrogen-bond acceptors (Lipinski definition) is 3. The first-order valence-electron chi connectivity index (χ1n) is 5.55. The number of aromatic carboxylic acids is 1.